The van der Waals surface area contributed by atoms with Gasteiger partial charge >= 0.3 is 22.3 Å². The molecule has 0 amide bonds. The quantitative estimate of drug-likeness (QED) is 0.548. The predicted molar refractivity (Wildman–Crippen MR) is 30.5 cm³/mol. The van der Waals surface area contributed by atoms with E-state index in [9.17, 15) is 34.3 Å². The van der Waals surface area contributed by atoms with E-state index in [0.717, 1.165) is 0 Å². The van der Waals surface area contributed by atoms with E-state index in [1.54, 1.807) is 0 Å². The van der Waals surface area contributed by atoms with Crippen LogP contribution < -0.4 is 0 Å². The van der Waals surface area contributed by atoms with Gasteiger partial charge in [0.15, 0.2) is 0 Å². The van der Waals surface area contributed by atoms with Gasteiger partial charge in [-0.15, -0.1) is 3.89 Å². The van der Waals surface area contributed by atoms with Gasteiger partial charge in [-0.25, -0.2) is 0 Å². The highest BCUT2D eigenvalue weighted by Gasteiger charge is 2.57. The van der Waals surface area contributed by atoms with Gasteiger partial charge in [-0.2, -0.15) is 30.4 Å². The molecule has 0 rings (SSSR count). The molecule has 0 aromatic carbocycles. The molecule has 0 saturated carbocycles. The third-order valence-corrected chi connectivity index (χ3v) is 1.77. The fraction of sp³-hybridized carbons (Fsp3) is 1.00. The van der Waals surface area contributed by atoms with E-state index < -0.39 is 34.5 Å². The Labute approximate surface area is 69.7 Å². The second kappa shape index (κ2) is 3.35. The SMILES string of the molecule is O=S(=O)(F)CCC(F)(F)C(F)(F)F. The summed E-state index contributed by atoms with van der Waals surface area (Å²) in [5.41, 5.74) is 0. The van der Waals surface area contributed by atoms with Gasteiger partial charge in [0.1, 0.15) is 0 Å². The fourth-order valence-electron chi connectivity index (χ4n) is 0.392. The van der Waals surface area contributed by atoms with E-state index >= 15 is 0 Å². The molecule has 80 valence electrons. The van der Waals surface area contributed by atoms with Crippen LogP contribution in [0.3, 0.4) is 0 Å². The van der Waals surface area contributed by atoms with E-state index in [-0.39, 0.29) is 0 Å². The molecule has 9 heteroatoms. The minimum absolute atomic E-state index is 1.85. The molecule has 0 aliphatic carbocycles. The van der Waals surface area contributed by atoms with Crippen molar-refractivity contribution in [3.05, 3.63) is 0 Å². The molecule has 0 heterocycles. The van der Waals surface area contributed by atoms with Gasteiger partial charge < -0.3 is 0 Å². The van der Waals surface area contributed by atoms with Crippen LogP contribution in [-0.2, 0) is 10.2 Å². The predicted octanol–water partition coefficient (Wildman–Crippen LogP) is 1.87. The third kappa shape index (κ3) is 4.34. The molecule has 0 N–H and O–H groups in total. The lowest BCUT2D eigenvalue weighted by Gasteiger charge is -2.18. The maximum atomic E-state index is 11.9. The Hall–Kier alpha value is -0.470. The minimum Gasteiger partial charge on any atom is -0.196 e. The summed E-state index contributed by atoms with van der Waals surface area (Å²) in [6.45, 7) is 0. The largest absolute Gasteiger partial charge is 0.453 e. The Morgan fingerprint density at radius 3 is 1.62 bits per heavy atom. The average Bonchev–Trinajstić information content (AvgIpc) is 1.79. The zero-order valence-electron chi connectivity index (χ0n) is 5.91. The van der Waals surface area contributed by atoms with Crippen LogP contribution in [0, 0.1) is 0 Å². The first-order chi connectivity index (χ1) is 5.46. The lowest BCUT2D eigenvalue weighted by molar-refractivity contribution is -0.282. The molecule has 0 aromatic heterocycles. The van der Waals surface area contributed by atoms with Crippen molar-refractivity contribution in [1.29, 1.82) is 0 Å². The lowest BCUT2D eigenvalue weighted by atomic mass is 10.2. The van der Waals surface area contributed by atoms with Gasteiger partial charge in [-0.1, -0.05) is 0 Å². The molecule has 0 unspecified atom stereocenters. The van der Waals surface area contributed by atoms with Crippen molar-refractivity contribution in [2.24, 2.45) is 0 Å². The summed E-state index contributed by atoms with van der Waals surface area (Å²) in [6, 6.07) is 0. The highest BCUT2D eigenvalue weighted by atomic mass is 32.3. The van der Waals surface area contributed by atoms with E-state index in [4.69, 9.17) is 0 Å². The van der Waals surface area contributed by atoms with Crippen molar-refractivity contribution in [2.75, 3.05) is 5.75 Å². The Kier molecular flexibility index (Phi) is 3.23. The summed E-state index contributed by atoms with van der Waals surface area (Å²) in [4.78, 5) is 0. The van der Waals surface area contributed by atoms with Gasteiger partial charge in [0.25, 0.3) is 0 Å². The van der Waals surface area contributed by atoms with Crippen molar-refractivity contribution >= 4 is 10.2 Å². The standard InChI is InChI=1S/C4H4F6O2S/c5-3(6,4(7,8)9)1-2-13(10,11)12/h1-2H2. The zero-order chi connectivity index (χ0) is 10.9. The first-order valence-corrected chi connectivity index (χ1v) is 4.38. The maximum Gasteiger partial charge on any atom is 0.453 e. The van der Waals surface area contributed by atoms with Crippen LogP contribution in [0.1, 0.15) is 6.42 Å². The summed E-state index contributed by atoms with van der Waals surface area (Å²) >= 11 is 0. The fourth-order valence-corrected chi connectivity index (χ4v) is 0.892. The van der Waals surface area contributed by atoms with E-state index in [0.29, 0.717) is 0 Å². The normalized spacial score (nSPS) is 14.6. The van der Waals surface area contributed by atoms with Crippen LogP contribution in [0.5, 0.6) is 0 Å². The monoisotopic (exact) mass is 230 g/mol. The molecule has 0 aliphatic heterocycles. The first kappa shape index (κ1) is 12.5. The van der Waals surface area contributed by atoms with E-state index in [2.05, 4.69) is 0 Å². The molecule has 0 radical (unpaired) electrons. The van der Waals surface area contributed by atoms with Crippen LogP contribution >= 0.6 is 0 Å². The van der Waals surface area contributed by atoms with Crippen LogP contribution in [0.2, 0.25) is 0 Å². The van der Waals surface area contributed by atoms with E-state index in [1.165, 1.54) is 0 Å². The number of halogens is 6. The Morgan fingerprint density at radius 2 is 1.38 bits per heavy atom. The van der Waals surface area contributed by atoms with Crippen molar-refractivity contribution in [3.8, 4) is 0 Å². The molecule has 0 atom stereocenters. The summed E-state index contributed by atoms with van der Waals surface area (Å²) < 4.78 is 88.7. The smallest absolute Gasteiger partial charge is 0.196 e. The molecule has 0 aromatic rings. The van der Waals surface area contributed by atoms with Gasteiger partial charge in [-0.05, 0) is 0 Å². The van der Waals surface area contributed by atoms with Crippen molar-refractivity contribution in [2.45, 2.75) is 18.5 Å². The molecular weight excluding hydrogens is 226 g/mol. The Bertz CT molecular complexity index is 265. The second-order valence-corrected chi connectivity index (χ2v) is 3.68. The summed E-state index contributed by atoms with van der Waals surface area (Å²) in [5.74, 6) is -7.02. The highest BCUT2D eigenvalue weighted by molar-refractivity contribution is 7.86. The molecule has 2 nitrogen and oxygen atoms in total. The average molecular weight is 230 g/mol. The number of rotatable bonds is 3. The highest BCUT2D eigenvalue weighted by Crippen LogP contribution is 2.38. The topological polar surface area (TPSA) is 34.1 Å². The molecule has 0 bridgehead atoms. The molecule has 0 fully saturated rings. The number of alkyl halides is 5. The molecule has 0 aliphatic rings. The Balaban J connectivity index is 4.38. The number of hydrogen-bond acceptors (Lipinski definition) is 2. The maximum absolute atomic E-state index is 11.9. The van der Waals surface area contributed by atoms with Crippen LogP contribution in [0.15, 0.2) is 0 Å². The summed E-state index contributed by atoms with van der Waals surface area (Å²) in [7, 11) is -5.30. The molecule has 13 heavy (non-hydrogen) atoms. The summed E-state index contributed by atoms with van der Waals surface area (Å²) in [6.07, 6.45) is -7.95. The van der Waals surface area contributed by atoms with Gasteiger partial charge in [0.2, 0.25) is 0 Å². The molecule has 0 saturated heterocycles. The van der Waals surface area contributed by atoms with Gasteiger partial charge in [0.05, 0.1) is 5.75 Å². The van der Waals surface area contributed by atoms with Crippen LogP contribution in [-0.4, -0.2) is 26.3 Å². The van der Waals surface area contributed by atoms with Gasteiger partial charge in [0, 0.05) is 6.42 Å². The minimum atomic E-state index is -5.85. The van der Waals surface area contributed by atoms with Crippen molar-refractivity contribution < 1.29 is 34.3 Å². The Morgan fingerprint density at radius 1 is 1.00 bits per heavy atom. The zero-order valence-corrected chi connectivity index (χ0v) is 6.72. The first-order valence-electron chi connectivity index (χ1n) is 2.82. The third-order valence-electron chi connectivity index (χ3n) is 1.07. The lowest BCUT2D eigenvalue weighted by Crippen LogP contribution is -2.37. The van der Waals surface area contributed by atoms with Crippen LogP contribution in [0.4, 0.5) is 25.8 Å². The number of hydrogen-bond donors (Lipinski definition) is 0. The molecule has 0 spiro atoms. The second-order valence-electron chi connectivity index (χ2n) is 2.20. The van der Waals surface area contributed by atoms with Crippen LogP contribution in [0.25, 0.3) is 0 Å². The van der Waals surface area contributed by atoms with Gasteiger partial charge in [-0.3, -0.25) is 0 Å². The summed E-state index contributed by atoms with van der Waals surface area (Å²) in [5, 5.41) is 0. The van der Waals surface area contributed by atoms with E-state index in [1.807, 2.05) is 0 Å². The van der Waals surface area contributed by atoms with Crippen molar-refractivity contribution in [3.63, 3.8) is 0 Å². The molecular formula is C4H4F6O2S. The van der Waals surface area contributed by atoms with Crippen molar-refractivity contribution in [1.82, 2.24) is 0 Å².